The van der Waals surface area contributed by atoms with Gasteiger partial charge in [0.05, 0.1) is 6.04 Å². The van der Waals surface area contributed by atoms with Gasteiger partial charge < -0.3 is 26.0 Å². The molecule has 1 heterocycles. The Morgan fingerprint density at radius 3 is 2.40 bits per heavy atom. The third-order valence-corrected chi connectivity index (χ3v) is 7.54. The van der Waals surface area contributed by atoms with E-state index in [1.54, 1.807) is 0 Å². The van der Waals surface area contributed by atoms with Gasteiger partial charge in [-0.15, -0.1) is 0 Å². The molecule has 1 fully saturated rings. The monoisotopic (exact) mass is 546 g/mol. The van der Waals surface area contributed by atoms with Crippen LogP contribution in [0.1, 0.15) is 57.1 Å². The van der Waals surface area contributed by atoms with Crippen LogP contribution in [0.25, 0.3) is 6.08 Å². The minimum atomic E-state index is -1.04. The van der Waals surface area contributed by atoms with Gasteiger partial charge >= 0.3 is 0 Å². The van der Waals surface area contributed by atoms with Crippen molar-refractivity contribution in [2.75, 3.05) is 19.7 Å². The zero-order valence-electron chi connectivity index (χ0n) is 23.6. The minimum absolute atomic E-state index is 0.195. The molecule has 2 atom stereocenters. The lowest BCUT2D eigenvalue weighted by atomic mass is 9.93. The Morgan fingerprint density at radius 1 is 0.925 bits per heavy atom. The number of carbonyl (C=O) groups is 3. The summed E-state index contributed by atoms with van der Waals surface area (Å²) in [4.78, 5) is 40.8. The first kappa shape index (κ1) is 29.3. The van der Waals surface area contributed by atoms with Gasteiger partial charge in [0.25, 0.3) is 0 Å². The normalized spacial score (nSPS) is 23.2. The molecular formula is C32H42N4O4. The molecule has 214 valence electrons. The summed E-state index contributed by atoms with van der Waals surface area (Å²) in [6.07, 6.45) is 7.53. The smallest absolute Gasteiger partial charge is 0.246 e. The first-order valence-electron chi connectivity index (χ1n) is 14.4. The van der Waals surface area contributed by atoms with E-state index < -0.39 is 17.6 Å². The third-order valence-electron chi connectivity index (χ3n) is 7.54. The molecule has 8 nitrogen and oxygen atoms in total. The Hall–Kier alpha value is -3.65. The summed E-state index contributed by atoms with van der Waals surface area (Å²) < 4.78 is 6.04. The quantitative estimate of drug-likeness (QED) is 0.470. The van der Waals surface area contributed by atoms with E-state index in [1.165, 1.54) is 0 Å². The Labute approximate surface area is 237 Å². The van der Waals surface area contributed by atoms with Crippen LogP contribution in [-0.4, -0.2) is 55.0 Å². The van der Waals surface area contributed by atoms with Crippen molar-refractivity contribution in [3.05, 3.63) is 71.8 Å². The van der Waals surface area contributed by atoms with E-state index in [1.807, 2.05) is 66.7 Å². The fourth-order valence-electron chi connectivity index (χ4n) is 5.43. The second-order valence-corrected chi connectivity index (χ2v) is 11.2. The van der Waals surface area contributed by atoms with Gasteiger partial charge in [0.2, 0.25) is 17.7 Å². The highest BCUT2D eigenvalue weighted by Gasteiger charge is 2.44. The van der Waals surface area contributed by atoms with Crippen LogP contribution in [0, 0.1) is 5.92 Å². The van der Waals surface area contributed by atoms with Crippen LogP contribution in [0.2, 0.25) is 0 Å². The topological polar surface area (TPSA) is 109 Å². The van der Waals surface area contributed by atoms with E-state index in [9.17, 15) is 14.4 Å². The molecule has 1 aliphatic heterocycles. The minimum Gasteiger partial charge on any atom is -0.492 e. The molecule has 1 saturated carbocycles. The molecule has 4 rings (SSSR count). The maximum absolute atomic E-state index is 13.8. The number of hydrogen-bond donors (Lipinski definition) is 4. The van der Waals surface area contributed by atoms with Crippen LogP contribution in [0.4, 0.5) is 0 Å². The second kappa shape index (κ2) is 14.1. The largest absolute Gasteiger partial charge is 0.492 e. The van der Waals surface area contributed by atoms with Crippen LogP contribution >= 0.6 is 0 Å². The highest BCUT2D eigenvalue weighted by atomic mass is 16.5. The zero-order valence-corrected chi connectivity index (χ0v) is 23.6. The average molecular weight is 547 g/mol. The summed E-state index contributed by atoms with van der Waals surface area (Å²) in [5, 5.41) is 12.4. The summed E-state index contributed by atoms with van der Waals surface area (Å²) in [7, 11) is 0. The number of benzene rings is 2. The molecule has 2 aliphatic rings. The van der Waals surface area contributed by atoms with E-state index >= 15 is 0 Å². The molecule has 4 N–H and O–H groups in total. The number of nitrogens with one attached hydrogen (secondary N) is 4. The summed E-state index contributed by atoms with van der Waals surface area (Å²) in [5.74, 6) is 0.245. The van der Waals surface area contributed by atoms with Gasteiger partial charge in [0.15, 0.2) is 0 Å². The van der Waals surface area contributed by atoms with E-state index in [-0.39, 0.29) is 23.6 Å². The van der Waals surface area contributed by atoms with Gasteiger partial charge in [0.1, 0.15) is 23.9 Å². The Bertz CT molecular complexity index is 1170. The molecule has 1 aliphatic carbocycles. The van der Waals surface area contributed by atoms with Crippen molar-refractivity contribution in [2.24, 2.45) is 5.92 Å². The van der Waals surface area contributed by atoms with Crippen LogP contribution in [-0.2, 0) is 20.8 Å². The standard InChI is InChI=1S/C32H42N4O4/c1-23(2)21-26-30(38)36-32(16-8-9-17-32)31(39)35-27(22-24-11-4-3-5-12-24)29(37)34-18-10-14-25-13-6-7-15-28(25)40-20-19-33-26/h3-7,10-15,23,26-27,33H,8-9,16-22H2,1-2H3,(H,34,37)(H,35,39)(H,36,38)/b14-10-/t26-,27-/m0/s1. The van der Waals surface area contributed by atoms with Crippen molar-refractivity contribution >= 4 is 23.8 Å². The van der Waals surface area contributed by atoms with Gasteiger partial charge in [-0.25, -0.2) is 0 Å². The Balaban J connectivity index is 1.62. The van der Waals surface area contributed by atoms with Crippen molar-refractivity contribution in [1.82, 2.24) is 21.3 Å². The second-order valence-electron chi connectivity index (χ2n) is 11.2. The van der Waals surface area contributed by atoms with Gasteiger partial charge in [-0.1, -0.05) is 87.4 Å². The van der Waals surface area contributed by atoms with Crippen molar-refractivity contribution in [2.45, 2.75) is 70.0 Å². The first-order valence-corrected chi connectivity index (χ1v) is 14.4. The lowest BCUT2D eigenvalue weighted by molar-refractivity contribution is -0.136. The predicted octanol–water partition coefficient (Wildman–Crippen LogP) is 3.37. The summed E-state index contributed by atoms with van der Waals surface area (Å²) in [6, 6.07) is 16.1. The molecule has 0 radical (unpaired) electrons. The lowest BCUT2D eigenvalue weighted by Crippen LogP contribution is -2.63. The van der Waals surface area contributed by atoms with Gasteiger partial charge in [-0.2, -0.15) is 0 Å². The number of rotatable bonds is 4. The van der Waals surface area contributed by atoms with Gasteiger partial charge in [0, 0.05) is 25.1 Å². The fraction of sp³-hybridized carbons (Fsp3) is 0.469. The SMILES string of the molecule is CC(C)C[C@@H]1NCCOc2ccccc2/C=C\CNC(=O)[C@H](Cc2ccccc2)NC(=O)C2(CCCC2)NC1=O. The first-order chi connectivity index (χ1) is 19.4. The molecule has 1 spiro atoms. The van der Waals surface area contributed by atoms with Crippen LogP contribution in [0.3, 0.4) is 0 Å². The maximum atomic E-state index is 13.8. The summed E-state index contributed by atoms with van der Waals surface area (Å²) >= 11 is 0. The van der Waals surface area contributed by atoms with Crippen LogP contribution in [0.15, 0.2) is 60.7 Å². The molecule has 2 aromatic carbocycles. The van der Waals surface area contributed by atoms with Gasteiger partial charge in [-0.3, -0.25) is 14.4 Å². The third kappa shape index (κ3) is 7.94. The molecule has 3 amide bonds. The van der Waals surface area contributed by atoms with E-state index in [0.29, 0.717) is 45.4 Å². The molecule has 8 heteroatoms. The zero-order chi connectivity index (χ0) is 28.4. The van der Waals surface area contributed by atoms with Crippen LogP contribution < -0.4 is 26.0 Å². The molecular weight excluding hydrogens is 504 g/mol. The number of carbonyl (C=O) groups excluding carboxylic acids is 3. The molecule has 40 heavy (non-hydrogen) atoms. The average Bonchev–Trinajstić information content (AvgIpc) is 3.42. The Kier molecular flexibility index (Phi) is 10.4. The van der Waals surface area contributed by atoms with Crippen molar-refractivity contribution in [3.63, 3.8) is 0 Å². The fourth-order valence-corrected chi connectivity index (χ4v) is 5.43. The van der Waals surface area contributed by atoms with E-state index in [0.717, 1.165) is 29.7 Å². The number of hydrogen-bond acceptors (Lipinski definition) is 5. The number of para-hydroxylation sites is 1. The molecule has 0 bridgehead atoms. The highest BCUT2D eigenvalue weighted by Crippen LogP contribution is 2.30. The molecule has 0 aromatic heterocycles. The Morgan fingerprint density at radius 2 is 1.65 bits per heavy atom. The van der Waals surface area contributed by atoms with Crippen molar-refractivity contribution in [1.29, 1.82) is 0 Å². The number of fused-ring (bicyclic) bond motifs is 1. The van der Waals surface area contributed by atoms with Crippen LogP contribution in [0.5, 0.6) is 5.75 Å². The maximum Gasteiger partial charge on any atom is 0.246 e. The van der Waals surface area contributed by atoms with E-state index in [2.05, 4.69) is 35.1 Å². The summed E-state index contributed by atoms with van der Waals surface area (Å²) in [6.45, 7) is 5.32. The van der Waals surface area contributed by atoms with Gasteiger partial charge in [-0.05, 0) is 36.8 Å². The predicted molar refractivity (Wildman–Crippen MR) is 157 cm³/mol. The molecule has 0 saturated heterocycles. The molecule has 2 aromatic rings. The molecule has 0 unspecified atom stereocenters. The number of amides is 3. The number of ether oxygens (including phenoxy) is 1. The summed E-state index contributed by atoms with van der Waals surface area (Å²) in [5.41, 5.74) is 0.799. The highest BCUT2D eigenvalue weighted by molar-refractivity contribution is 5.96. The van der Waals surface area contributed by atoms with Crippen molar-refractivity contribution < 1.29 is 19.1 Å². The van der Waals surface area contributed by atoms with E-state index in [4.69, 9.17) is 4.74 Å². The van der Waals surface area contributed by atoms with Crippen molar-refractivity contribution in [3.8, 4) is 5.75 Å². The lowest BCUT2D eigenvalue weighted by Gasteiger charge is -2.33.